The maximum absolute atomic E-state index is 15.0. The first-order valence-corrected chi connectivity index (χ1v) is 33.0. The van der Waals surface area contributed by atoms with Crippen molar-refractivity contribution >= 4 is 5.78 Å². The molecular formula is C61H100O32. The maximum Gasteiger partial charge on any atom is 0.187 e. The lowest BCUT2D eigenvalue weighted by molar-refractivity contribution is -0.408. The molecule has 0 unspecified atom stereocenters. The van der Waals surface area contributed by atoms with Crippen molar-refractivity contribution in [3.8, 4) is 0 Å². The number of aliphatic hydroxyl groups excluding tert-OH is 17. The van der Waals surface area contributed by atoms with Gasteiger partial charge in [-0.1, -0.05) is 27.7 Å². The molecule has 18 N–H and O–H groups in total. The number of hydrogen-bond donors (Lipinski definition) is 18. The van der Waals surface area contributed by atoms with Crippen LogP contribution in [-0.4, -0.2) is 327 Å². The van der Waals surface area contributed by atoms with Crippen molar-refractivity contribution < 1.29 is 158 Å². The fourth-order valence-corrected chi connectivity index (χ4v) is 17.6. The zero-order valence-electron chi connectivity index (χ0n) is 52.7. The second kappa shape index (κ2) is 28.8. The van der Waals surface area contributed by atoms with Crippen LogP contribution in [0.25, 0.3) is 0 Å². The molecule has 7 aliphatic heterocycles. The molecule has 0 bridgehead atoms. The Bertz CT molecular complexity index is 2480. The molecule has 4 saturated carbocycles. The van der Waals surface area contributed by atoms with Crippen LogP contribution < -0.4 is 0 Å². The third kappa shape index (κ3) is 13.4. The highest BCUT2D eigenvalue weighted by molar-refractivity contribution is 5.87. The zero-order chi connectivity index (χ0) is 67.2. The molecule has 40 atom stereocenters. The Labute approximate surface area is 537 Å². The molecular weight excluding hydrogens is 1240 g/mol. The molecule has 11 rings (SSSR count). The van der Waals surface area contributed by atoms with Gasteiger partial charge in [0.2, 0.25) is 0 Å². The van der Waals surface area contributed by atoms with Crippen LogP contribution in [0.5, 0.6) is 0 Å². The van der Waals surface area contributed by atoms with Crippen LogP contribution in [0.15, 0.2) is 0 Å². The van der Waals surface area contributed by atoms with Crippen molar-refractivity contribution in [2.24, 2.45) is 52.3 Å². The van der Waals surface area contributed by atoms with Crippen molar-refractivity contribution in [2.45, 2.75) is 282 Å². The number of rotatable bonds is 19. The Kier molecular flexibility index (Phi) is 22.5. The lowest BCUT2D eigenvalue weighted by atomic mass is 9.44. The molecule has 536 valence electrons. The van der Waals surface area contributed by atoms with Gasteiger partial charge in [0.1, 0.15) is 134 Å². The van der Waals surface area contributed by atoms with Crippen molar-refractivity contribution in [1.29, 1.82) is 0 Å². The van der Waals surface area contributed by atoms with E-state index >= 15 is 4.79 Å². The molecule has 7 saturated heterocycles. The van der Waals surface area contributed by atoms with E-state index in [0.29, 0.717) is 38.5 Å². The fourth-order valence-electron chi connectivity index (χ4n) is 17.6. The summed E-state index contributed by atoms with van der Waals surface area (Å²) in [7, 11) is 0. The van der Waals surface area contributed by atoms with Gasteiger partial charge in [-0.2, -0.15) is 0 Å². The highest BCUT2D eigenvalue weighted by Crippen LogP contribution is 2.70. The Morgan fingerprint density at radius 2 is 1.09 bits per heavy atom. The minimum Gasteiger partial charge on any atom is -0.394 e. The van der Waals surface area contributed by atoms with E-state index in [2.05, 4.69) is 6.92 Å². The number of ether oxygens (including phenoxy) is 13. The Morgan fingerprint density at radius 1 is 0.538 bits per heavy atom. The average molecular weight is 1350 g/mol. The number of Topliss-reactive ketones (excluding diaryl/α,β-unsaturated/α-hetero) is 1. The first kappa shape index (κ1) is 72.7. The van der Waals surface area contributed by atoms with E-state index in [1.54, 1.807) is 0 Å². The third-order valence-corrected chi connectivity index (χ3v) is 23.4. The van der Waals surface area contributed by atoms with Gasteiger partial charge in [0.25, 0.3) is 0 Å². The van der Waals surface area contributed by atoms with Crippen LogP contribution >= 0.6 is 0 Å². The molecule has 0 aromatic carbocycles. The summed E-state index contributed by atoms with van der Waals surface area (Å²) in [5, 5.41) is 195. The number of aliphatic hydroxyl groups is 18. The molecule has 11 fully saturated rings. The quantitative estimate of drug-likeness (QED) is 0.0535. The topological polar surface area (TPSA) is 501 Å². The van der Waals surface area contributed by atoms with Crippen LogP contribution in [0.1, 0.15) is 92.4 Å². The normalized spacial score (nSPS) is 55.4. The third-order valence-electron chi connectivity index (χ3n) is 23.4. The van der Waals surface area contributed by atoms with E-state index < -0.39 is 228 Å². The SMILES string of the molecule is C[C@H](CC[C@@]1(O)O[C@H]2C[C@H]3[C@@H]4CC[C@H]5C[C@@H](O[C@@H]6O[C@H](CO)[C@H](O[C@@H]7O[C@H](CO)[C@@H](O)[C@H](O[C@@H]8OC[C@@H](O)[C@H](O)[C@H]8O)[C@H]7O[C@@H]7OC[C@@H](O)[C@H](O)[C@H]7O)[C@H](O)[C@H]6O[C@@H]6O[C@@H](C)[C@H](O)[C@@H](O)[C@H]6O)CC[C@]5(C)[C@H]4CC(=O)[C@]3(C)[C@H]2[C@@H]1C)CO[C@@H]1O[C@H](CO)[C@@H](O)[C@H](O)[C@H]1O. The molecule has 0 aromatic rings. The summed E-state index contributed by atoms with van der Waals surface area (Å²) in [5.41, 5.74) is -1.13. The van der Waals surface area contributed by atoms with Crippen LogP contribution in [0.2, 0.25) is 0 Å². The van der Waals surface area contributed by atoms with Gasteiger partial charge in [0.15, 0.2) is 43.5 Å². The van der Waals surface area contributed by atoms with E-state index in [4.69, 9.17) is 61.6 Å². The number of carbonyl (C=O) groups excluding carboxylic acids is 1. The predicted molar refractivity (Wildman–Crippen MR) is 304 cm³/mol. The molecule has 11 aliphatic rings. The van der Waals surface area contributed by atoms with Crippen LogP contribution in [0, 0.1) is 52.3 Å². The van der Waals surface area contributed by atoms with Gasteiger partial charge in [0.05, 0.1) is 58.0 Å². The molecule has 93 heavy (non-hydrogen) atoms. The molecule has 32 nitrogen and oxygen atoms in total. The van der Waals surface area contributed by atoms with Crippen LogP contribution in [0.4, 0.5) is 0 Å². The molecule has 0 radical (unpaired) electrons. The molecule has 4 aliphatic carbocycles. The fraction of sp³-hybridized carbons (Fsp3) is 0.984. The lowest BCUT2D eigenvalue weighted by Crippen LogP contribution is -2.68. The number of fused-ring (bicyclic) bond motifs is 7. The molecule has 0 aromatic heterocycles. The summed E-state index contributed by atoms with van der Waals surface area (Å²) in [4.78, 5) is 15.0. The minimum atomic E-state index is -2.00. The first-order chi connectivity index (χ1) is 44.0. The molecule has 0 amide bonds. The van der Waals surface area contributed by atoms with Gasteiger partial charge in [-0.05, 0) is 86.9 Å². The average Bonchev–Trinajstić information content (AvgIpc) is 1.56. The number of hydrogen-bond acceptors (Lipinski definition) is 32. The minimum absolute atomic E-state index is 0.00902. The summed E-state index contributed by atoms with van der Waals surface area (Å²) in [6, 6.07) is 0. The number of ketones is 1. The molecule has 0 spiro atoms. The van der Waals surface area contributed by atoms with E-state index in [9.17, 15) is 91.9 Å². The highest BCUT2D eigenvalue weighted by atomic mass is 16.8. The van der Waals surface area contributed by atoms with Crippen LogP contribution in [0.3, 0.4) is 0 Å². The lowest BCUT2D eigenvalue weighted by Gasteiger charge is -2.60. The van der Waals surface area contributed by atoms with E-state index in [1.807, 2.05) is 20.8 Å². The van der Waals surface area contributed by atoms with Gasteiger partial charge in [-0.25, -0.2) is 0 Å². The smallest absolute Gasteiger partial charge is 0.187 e. The second-order valence-electron chi connectivity index (χ2n) is 28.8. The van der Waals surface area contributed by atoms with Gasteiger partial charge in [-0.15, -0.1) is 0 Å². The summed E-state index contributed by atoms with van der Waals surface area (Å²) in [5.74, 6) is -2.15. The van der Waals surface area contributed by atoms with Gasteiger partial charge < -0.3 is 153 Å². The van der Waals surface area contributed by atoms with Crippen molar-refractivity contribution in [2.75, 3.05) is 39.6 Å². The first-order valence-electron chi connectivity index (χ1n) is 33.0. The van der Waals surface area contributed by atoms with Crippen molar-refractivity contribution in [3.05, 3.63) is 0 Å². The van der Waals surface area contributed by atoms with E-state index in [1.165, 1.54) is 6.92 Å². The van der Waals surface area contributed by atoms with Gasteiger partial charge in [-0.3, -0.25) is 4.79 Å². The van der Waals surface area contributed by atoms with Gasteiger partial charge in [0, 0.05) is 30.1 Å². The maximum atomic E-state index is 15.0. The highest BCUT2D eigenvalue weighted by Gasteiger charge is 2.71. The summed E-state index contributed by atoms with van der Waals surface area (Å²) >= 11 is 0. The monoisotopic (exact) mass is 1340 g/mol. The largest absolute Gasteiger partial charge is 0.394 e. The predicted octanol–water partition coefficient (Wildman–Crippen LogP) is -6.82. The Hall–Kier alpha value is -1.57. The summed E-state index contributed by atoms with van der Waals surface area (Å²) < 4.78 is 78.9. The second-order valence-corrected chi connectivity index (χ2v) is 28.8. The summed E-state index contributed by atoms with van der Waals surface area (Å²) in [6.45, 7) is 5.98. The van der Waals surface area contributed by atoms with Crippen LogP contribution in [-0.2, 0) is 66.4 Å². The Balaban J connectivity index is 0.782. The standard InChI is InChI=1S/C61H100O32/c1-21(18-81-53-46(77)43(74)40(71)32(15-62)86-53)8-11-61(80)22(2)36-31(93-61)13-28-26-7-6-24-12-25(9-10-59(24,4)27(26)14-35(67)60(28,36)5)85-57-51(91-56-47(78)42(73)37(68)23(3)84-56)48(79)49(34(17-64)88-57)89-58-52(92-55-45(76)39(70)30(66)20-83-55)50(41(72)33(16-63)87-58)90-54-44(75)38(69)29(65)19-82-54/h21-34,36-58,62-66,68-80H,6-20H2,1-5H3/t21-,22+,23+,24+,25+,26-,27+,28+,29-,30-,31+,32-,33-,34-,36+,37+,38+,39+,40-,41-,42-,43+,44-,45-,46-,47-,48+,49+,50+,51-,52-,53-,54+,55+,56+,57-,58+,59+,60-,61-/m1/s1. The number of carbonyl (C=O) groups is 1. The van der Waals surface area contributed by atoms with E-state index in [0.717, 1.165) is 12.8 Å². The van der Waals surface area contributed by atoms with E-state index in [-0.39, 0.29) is 65.8 Å². The summed E-state index contributed by atoms with van der Waals surface area (Å²) in [6.07, 6.45) is -44.1. The van der Waals surface area contributed by atoms with Crippen molar-refractivity contribution in [1.82, 2.24) is 0 Å². The molecule has 32 heteroatoms. The zero-order valence-corrected chi connectivity index (χ0v) is 52.7. The Morgan fingerprint density at radius 3 is 1.73 bits per heavy atom. The van der Waals surface area contributed by atoms with Gasteiger partial charge >= 0.3 is 0 Å². The molecule has 7 heterocycles. The van der Waals surface area contributed by atoms with Crippen molar-refractivity contribution in [3.63, 3.8) is 0 Å².